The van der Waals surface area contributed by atoms with E-state index in [9.17, 15) is 4.79 Å². The third-order valence-electron chi connectivity index (χ3n) is 3.06. The fourth-order valence-electron chi connectivity index (χ4n) is 2.06. The molecule has 3 nitrogen and oxygen atoms in total. The van der Waals surface area contributed by atoms with Crippen LogP contribution in [0.3, 0.4) is 0 Å². The fourth-order valence-corrected chi connectivity index (χ4v) is 2.91. The van der Waals surface area contributed by atoms with E-state index in [1.165, 1.54) is 11.3 Å². The highest BCUT2D eigenvalue weighted by atomic mass is 32.1. The standard InChI is InChI=1S/C17H14N2OS/c1-13(20)16-12-18-17(21-16)19(14-8-4-2-5-9-14)15-10-6-3-7-11-15/h2-12H,1H3. The van der Waals surface area contributed by atoms with Gasteiger partial charge in [-0.2, -0.15) is 0 Å². The predicted octanol–water partition coefficient (Wildman–Crippen LogP) is 4.82. The Balaban J connectivity index is 2.10. The molecule has 1 heterocycles. The fraction of sp³-hybridized carbons (Fsp3) is 0.0588. The maximum Gasteiger partial charge on any atom is 0.195 e. The Morgan fingerprint density at radius 1 is 0.952 bits per heavy atom. The molecule has 4 heteroatoms. The Morgan fingerprint density at radius 3 is 1.90 bits per heavy atom. The number of hydrogen-bond acceptors (Lipinski definition) is 4. The first-order valence-electron chi connectivity index (χ1n) is 6.63. The molecule has 0 aliphatic carbocycles. The highest BCUT2D eigenvalue weighted by molar-refractivity contribution is 7.17. The first-order valence-corrected chi connectivity index (χ1v) is 7.44. The third-order valence-corrected chi connectivity index (χ3v) is 4.14. The normalized spacial score (nSPS) is 10.3. The van der Waals surface area contributed by atoms with E-state index < -0.39 is 0 Å². The number of Topliss-reactive ketones (excluding diaryl/α,β-unsaturated/α-hetero) is 1. The third kappa shape index (κ3) is 2.85. The minimum absolute atomic E-state index is 0.0415. The largest absolute Gasteiger partial charge is 0.294 e. The molecule has 3 aromatic rings. The van der Waals surface area contributed by atoms with Crippen LogP contribution in [-0.4, -0.2) is 10.8 Å². The van der Waals surface area contributed by atoms with E-state index in [4.69, 9.17) is 0 Å². The summed E-state index contributed by atoms with van der Waals surface area (Å²) in [4.78, 5) is 18.6. The van der Waals surface area contributed by atoms with Crippen LogP contribution in [0.1, 0.15) is 16.6 Å². The Bertz CT molecular complexity index is 698. The SMILES string of the molecule is CC(=O)c1cnc(N(c2ccccc2)c2ccccc2)s1. The van der Waals surface area contributed by atoms with Gasteiger partial charge in [-0.05, 0) is 24.3 Å². The maximum absolute atomic E-state index is 11.5. The zero-order chi connectivity index (χ0) is 14.7. The topological polar surface area (TPSA) is 33.2 Å². The Kier molecular flexibility index (Phi) is 3.79. The molecule has 0 atom stereocenters. The van der Waals surface area contributed by atoms with E-state index in [1.807, 2.05) is 60.7 Å². The zero-order valence-electron chi connectivity index (χ0n) is 11.6. The number of aromatic nitrogens is 1. The maximum atomic E-state index is 11.5. The van der Waals surface area contributed by atoms with Gasteiger partial charge in [0.1, 0.15) is 0 Å². The molecular formula is C17H14N2OS. The number of thiazole rings is 1. The van der Waals surface area contributed by atoms with Crippen molar-refractivity contribution in [2.45, 2.75) is 6.92 Å². The van der Waals surface area contributed by atoms with Crippen LogP contribution in [-0.2, 0) is 0 Å². The lowest BCUT2D eigenvalue weighted by molar-refractivity contribution is 0.102. The molecule has 1 aromatic heterocycles. The quantitative estimate of drug-likeness (QED) is 0.647. The second kappa shape index (κ2) is 5.89. The first kappa shape index (κ1) is 13.5. The predicted molar refractivity (Wildman–Crippen MR) is 86.8 cm³/mol. The Labute approximate surface area is 127 Å². The molecule has 0 amide bonds. The molecule has 0 radical (unpaired) electrons. The first-order chi connectivity index (χ1) is 10.3. The molecule has 0 bridgehead atoms. The van der Waals surface area contributed by atoms with Gasteiger partial charge in [-0.3, -0.25) is 9.69 Å². The monoisotopic (exact) mass is 294 g/mol. The van der Waals surface area contributed by atoms with Crippen molar-refractivity contribution in [1.82, 2.24) is 4.98 Å². The number of ketones is 1. The zero-order valence-corrected chi connectivity index (χ0v) is 12.4. The molecular weight excluding hydrogens is 280 g/mol. The summed E-state index contributed by atoms with van der Waals surface area (Å²) in [5.41, 5.74) is 2.04. The number of para-hydroxylation sites is 2. The second-order valence-electron chi connectivity index (χ2n) is 4.57. The van der Waals surface area contributed by atoms with E-state index in [2.05, 4.69) is 9.88 Å². The summed E-state index contributed by atoms with van der Waals surface area (Å²) < 4.78 is 0. The summed E-state index contributed by atoms with van der Waals surface area (Å²) in [7, 11) is 0. The molecule has 0 fully saturated rings. The van der Waals surface area contributed by atoms with Crippen LogP contribution in [0.15, 0.2) is 66.9 Å². The van der Waals surface area contributed by atoms with Crippen molar-refractivity contribution in [1.29, 1.82) is 0 Å². The van der Waals surface area contributed by atoms with Crippen molar-refractivity contribution in [2.24, 2.45) is 0 Å². The average molecular weight is 294 g/mol. The highest BCUT2D eigenvalue weighted by Gasteiger charge is 2.16. The molecule has 0 aliphatic rings. The van der Waals surface area contributed by atoms with Gasteiger partial charge in [-0.1, -0.05) is 47.7 Å². The van der Waals surface area contributed by atoms with Crippen LogP contribution in [0, 0.1) is 0 Å². The summed E-state index contributed by atoms with van der Waals surface area (Å²) >= 11 is 1.40. The minimum Gasteiger partial charge on any atom is -0.294 e. The van der Waals surface area contributed by atoms with Crippen LogP contribution in [0.2, 0.25) is 0 Å². The van der Waals surface area contributed by atoms with Gasteiger partial charge in [0.2, 0.25) is 0 Å². The molecule has 0 spiro atoms. The second-order valence-corrected chi connectivity index (χ2v) is 5.58. The number of carbonyl (C=O) groups is 1. The van der Waals surface area contributed by atoms with Crippen molar-refractivity contribution >= 4 is 33.6 Å². The molecule has 0 saturated carbocycles. The van der Waals surface area contributed by atoms with Crippen molar-refractivity contribution in [3.05, 3.63) is 71.7 Å². The van der Waals surface area contributed by atoms with Gasteiger partial charge < -0.3 is 0 Å². The number of carbonyl (C=O) groups excluding carboxylic acids is 1. The van der Waals surface area contributed by atoms with Gasteiger partial charge in [-0.15, -0.1) is 0 Å². The van der Waals surface area contributed by atoms with Crippen molar-refractivity contribution in [2.75, 3.05) is 4.90 Å². The lowest BCUT2D eigenvalue weighted by atomic mass is 10.2. The number of nitrogens with zero attached hydrogens (tertiary/aromatic N) is 2. The number of hydrogen-bond donors (Lipinski definition) is 0. The van der Waals surface area contributed by atoms with E-state index >= 15 is 0 Å². The van der Waals surface area contributed by atoms with Gasteiger partial charge >= 0.3 is 0 Å². The van der Waals surface area contributed by atoms with Crippen molar-refractivity contribution < 1.29 is 4.79 Å². The van der Waals surface area contributed by atoms with Gasteiger partial charge in [-0.25, -0.2) is 4.98 Å². The summed E-state index contributed by atoms with van der Waals surface area (Å²) in [6.45, 7) is 1.56. The average Bonchev–Trinajstić information content (AvgIpc) is 3.00. The molecule has 104 valence electrons. The smallest absolute Gasteiger partial charge is 0.195 e. The van der Waals surface area contributed by atoms with Crippen LogP contribution in [0.4, 0.5) is 16.5 Å². The van der Waals surface area contributed by atoms with Crippen LogP contribution >= 0.6 is 11.3 Å². The van der Waals surface area contributed by atoms with Gasteiger partial charge in [0.25, 0.3) is 0 Å². The summed E-state index contributed by atoms with van der Waals surface area (Å²) in [5, 5.41) is 0.789. The number of anilines is 3. The van der Waals surface area contributed by atoms with Gasteiger partial charge in [0.05, 0.1) is 11.1 Å². The Morgan fingerprint density at radius 2 is 1.48 bits per heavy atom. The Hall–Kier alpha value is -2.46. The van der Waals surface area contributed by atoms with E-state index in [0.717, 1.165) is 16.5 Å². The number of benzene rings is 2. The van der Waals surface area contributed by atoms with Gasteiger partial charge in [0, 0.05) is 18.3 Å². The summed E-state index contributed by atoms with van der Waals surface area (Å²) in [5.74, 6) is 0.0415. The molecule has 0 N–H and O–H groups in total. The molecule has 0 unspecified atom stereocenters. The van der Waals surface area contributed by atoms with Gasteiger partial charge in [0.15, 0.2) is 10.9 Å². The van der Waals surface area contributed by atoms with Crippen molar-refractivity contribution in [3.63, 3.8) is 0 Å². The van der Waals surface area contributed by atoms with Crippen LogP contribution in [0.5, 0.6) is 0 Å². The molecule has 21 heavy (non-hydrogen) atoms. The lowest BCUT2D eigenvalue weighted by Crippen LogP contribution is -2.09. The van der Waals surface area contributed by atoms with Crippen LogP contribution < -0.4 is 4.90 Å². The molecule has 2 aromatic carbocycles. The van der Waals surface area contributed by atoms with E-state index in [-0.39, 0.29) is 5.78 Å². The molecule has 0 saturated heterocycles. The van der Waals surface area contributed by atoms with E-state index in [0.29, 0.717) is 4.88 Å². The summed E-state index contributed by atoms with van der Waals surface area (Å²) in [6, 6.07) is 20.0. The molecule has 3 rings (SSSR count). The van der Waals surface area contributed by atoms with Crippen molar-refractivity contribution in [3.8, 4) is 0 Å². The minimum atomic E-state index is 0.0415. The highest BCUT2D eigenvalue weighted by Crippen LogP contribution is 2.36. The van der Waals surface area contributed by atoms with E-state index in [1.54, 1.807) is 13.1 Å². The van der Waals surface area contributed by atoms with Crippen LogP contribution in [0.25, 0.3) is 0 Å². The lowest BCUT2D eigenvalue weighted by Gasteiger charge is -2.21. The number of rotatable bonds is 4. The molecule has 0 aliphatic heterocycles. The summed E-state index contributed by atoms with van der Waals surface area (Å²) in [6.07, 6.45) is 1.64.